The standard InChI is InChI=1S/C28H25BrN2O4/c1-3-34-26-13-11-20(16-27(26)33-2)28(32)31-30-17-22-15-23(29)12-14-25(22)35-18-21-9-6-8-19-7-4-5-10-24(19)21/h4-17H,3,18H2,1-2H3,(H,31,32)/b30-17+. The first kappa shape index (κ1) is 24.3. The van der Waals surface area contributed by atoms with Gasteiger partial charge in [0, 0.05) is 15.6 Å². The van der Waals surface area contributed by atoms with E-state index in [0.29, 0.717) is 36.0 Å². The zero-order valence-corrected chi connectivity index (χ0v) is 21.0. The summed E-state index contributed by atoms with van der Waals surface area (Å²) in [7, 11) is 1.53. The van der Waals surface area contributed by atoms with Crippen molar-refractivity contribution < 1.29 is 19.0 Å². The minimum absolute atomic E-state index is 0.365. The number of methoxy groups -OCH3 is 1. The lowest BCUT2D eigenvalue weighted by Crippen LogP contribution is -2.17. The van der Waals surface area contributed by atoms with E-state index < -0.39 is 0 Å². The van der Waals surface area contributed by atoms with Gasteiger partial charge in [0.15, 0.2) is 11.5 Å². The predicted octanol–water partition coefficient (Wildman–Crippen LogP) is 6.35. The number of ether oxygens (including phenoxy) is 3. The van der Waals surface area contributed by atoms with Gasteiger partial charge in [-0.05, 0) is 59.7 Å². The van der Waals surface area contributed by atoms with Crippen molar-refractivity contribution in [3.8, 4) is 17.2 Å². The van der Waals surface area contributed by atoms with Crippen molar-refractivity contribution in [2.45, 2.75) is 13.5 Å². The van der Waals surface area contributed by atoms with Gasteiger partial charge in [0.1, 0.15) is 12.4 Å². The number of rotatable bonds is 9. The highest BCUT2D eigenvalue weighted by atomic mass is 79.9. The number of carbonyl (C=O) groups excluding carboxylic acids is 1. The van der Waals surface area contributed by atoms with Crippen LogP contribution in [0.1, 0.15) is 28.4 Å². The number of halogens is 1. The maximum absolute atomic E-state index is 12.6. The highest BCUT2D eigenvalue weighted by Crippen LogP contribution is 2.28. The Morgan fingerprint density at radius 3 is 2.57 bits per heavy atom. The highest BCUT2D eigenvalue weighted by Gasteiger charge is 2.11. The molecule has 1 N–H and O–H groups in total. The zero-order valence-electron chi connectivity index (χ0n) is 19.5. The molecule has 35 heavy (non-hydrogen) atoms. The van der Waals surface area contributed by atoms with Crippen molar-refractivity contribution in [1.82, 2.24) is 5.43 Å². The number of carbonyl (C=O) groups is 1. The number of amides is 1. The predicted molar refractivity (Wildman–Crippen MR) is 142 cm³/mol. The molecule has 0 unspecified atom stereocenters. The van der Waals surface area contributed by atoms with E-state index in [2.05, 4.69) is 50.7 Å². The summed E-state index contributed by atoms with van der Waals surface area (Å²) in [5.74, 6) is 1.36. The van der Waals surface area contributed by atoms with Crippen LogP contribution < -0.4 is 19.6 Å². The molecule has 0 saturated heterocycles. The molecule has 0 aliphatic rings. The van der Waals surface area contributed by atoms with Gasteiger partial charge in [-0.15, -0.1) is 0 Å². The van der Waals surface area contributed by atoms with E-state index in [1.807, 2.05) is 43.3 Å². The smallest absolute Gasteiger partial charge is 0.271 e. The molecule has 0 saturated carbocycles. The van der Waals surface area contributed by atoms with Gasteiger partial charge in [0.05, 0.1) is 19.9 Å². The minimum Gasteiger partial charge on any atom is -0.493 e. The second-order valence-corrected chi connectivity index (χ2v) is 8.52. The molecule has 0 heterocycles. The third kappa shape index (κ3) is 6.00. The van der Waals surface area contributed by atoms with E-state index in [9.17, 15) is 4.79 Å². The first-order chi connectivity index (χ1) is 17.1. The molecule has 0 fully saturated rings. The molecular weight excluding hydrogens is 508 g/mol. The SMILES string of the molecule is CCOc1ccc(C(=O)N/N=C/c2cc(Br)ccc2OCc2cccc3ccccc23)cc1OC. The molecule has 0 bridgehead atoms. The molecule has 0 radical (unpaired) electrons. The van der Waals surface area contributed by atoms with Crippen molar-refractivity contribution in [2.24, 2.45) is 5.10 Å². The van der Waals surface area contributed by atoms with E-state index >= 15 is 0 Å². The molecule has 0 aliphatic carbocycles. The Hall–Kier alpha value is -3.84. The van der Waals surface area contributed by atoms with Gasteiger partial charge in [-0.1, -0.05) is 58.4 Å². The first-order valence-electron chi connectivity index (χ1n) is 11.1. The third-order valence-electron chi connectivity index (χ3n) is 5.33. The Kier molecular flexibility index (Phi) is 8.00. The summed E-state index contributed by atoms with van der Waals surface area (Å²) in [6.45, 7) is 2.79. The Morgan fingerprint density at radius 2 is 1.74 bits per heavy atom. The number of nitrogens with zero attached hydrogens (tertiary/aromatic N) is 1. The lowest BCUT2D eigenvalue weighted by molar-refractivity contribution is 0.0954. The van der Waals surface area contributed by atoms with Gasteiger partial charge >= 0.3 is 0 Å². The van der Waals surface area contributed by atoms with Crippen LogP contribution in [0.25, 0.3) is 10.8 Å². The van der Waals surface area contributed by atoms with Crippen molar-refractivity contribution in [2.75, 3.05) is 13.7 Å². The Balaban J connectivity index is 1.47. The van der Waals surface area contributed by atoms with Crippen LogP contribution in [0.15, 0.2) is 88.4 Å². The summed E-state index contributed by atoms with van der Waals surface area (Å²) < 4.78 is 17.8. The van der Waals surface area contributed by atoms with Crippen LogP contribution in [0.2, 0.25) is 0 Å². The van der Waals surface area contributed by atoms with Crippen LogP contribution >= 0.6 is 15.9 Å². The Labute approximate surface area is 212 Å². The van der Waals surface area contributed by atoms with Crippen molar-refractivity contribution in [3.05, 3.63) is 100 Å². The second kappa shape index (κ2) is 11.5. The number of nitrogens with one attached hydrogen (secondary N) is 1. The average Bonchev–Trinajstić information content (AvgIpc) is 2.88. The molecule has 7 heteroatoms. The van der Waals surface area contributed by atoms with Gasteiger partial charge in [0.25, 0.3) is 5.91 Å². The lowest BCUT2D eigenvalue weighted by atomic mass is 10.1. The van der Waals surface area contributed by atoms with E-state index in [1.165, 1.54) is 12.5 Å². The topological polar surface area (TPSA) is 69.2 Å². The molecular formula is C28H25BrN2O4. The summed E-state index contributed by atoms with van der Waals surface area (Å²) in [6.07, 6.45) is 1.56. The van der Waals surface area contributed by atoms with Gasteiger partial charge in [-0.2, -0.15) is 5.10 Å². The lowest BCUT2D eigenvalue weighted by Gasteiger charge is -2.12. The first-order valence-corrected chi connectivity index (χ1v) is 11.9. The summed E-state index contributed by atoms with van der Waals surface area (Å²) >= 11 is 3.49. The largest absolute Gasteiger partial charge is 0.493 e. The maximum atomic E-state index is 12.6. The molecule has 0 atom stereocenters. The second-order valence-electron chi connectivity index (χ2n) is 7.61. The third-order valence-corrected chi connectivity index (χ3v) is 5.82. The van der Waals surface area contributed by atoms with Crippen LogP contribution in [0.4, 0.5) is 0 Å². The van der Waals surface area contributed by atoms with E-state index in [-0.39, 0.29) is 5.91 Å². The van der Waals surface area contributed by atoms with Crippen LogP contribution in [0.3, 0.4) is 0 Å². The number of hydrazone groups is 1. The number of benzene rings is 4. The quantitative estimate of drug-likeness (QED) is 0.201. The molecule has 6 nitrogen and oxygen atoms in total. The summed E-state index contributed by atoms with van der Waals surface area (Å²) in [5.41, 5.74) is 4.78. The summed E-state index contributed by atoms with van der Waals surface area (Å²) in [6, 6.07) is 25.0. The monoisotopic (exact) mass is 532 g/mol. The Bertz CT molecular complexity index is 1370. The van der Waals surface area contributed by atoms with Crippen LogP contribution in [0, 0.1) is 0 Å². The molecule has 178 valence electrons. The molecule has 1 amide bonds. The maximum Gasteiger partial charge on any atom is 0.271 e. The molecule has 0 spiro atoms. The van der Waals surface area contributed by atoms with Crippen molar-refractivity contribution >= 4 is 38.8 Å². The molecule has 0 aromatic heterocycles. The van der Waals surface area contributed by atoms with Gasteiger partial charge < -0.3 is 14.2 Å². The Morgan fingerprint density at radius 1 is 0.943 bits per heavy atom. The fourth-order valence-electron chi connectivity index (χ4n) is 3.63. The number of fused-ring (bicyclic) bond motifs is 1. The number of hydrogen-bond donors (Lipinski definition) is 1. The van der Waals surface area contributed by atoms with Crippen LogP contribution in [-0.2, 0) is 6.61 Å². The van der Waals surface area contributed by atoms with Gasteiger partial charge in [0.2, 0.25) is 0 Å². The van der Waals surface area contributed by atoms with Gasteiger partial charge in [-0.3, -0.25) is 4.79 Å². The summed E-state index contributed by atoms with van der Waals surface area (Å²) in [4.78, 5) is 12.6. The molecule has 0 aliphatic heterocycles. The van der Waals surface area contributed by atoms with E-state index in [1.54, 1.807) is 24.4 Å². The van der Waals surface area contributed by atoms with Crippen LogP contribution in [0.5, 0.6) is 17.2 Å². The highest BCUT2D eigenvalue weighted by molar-refractivity contribution is 9.10. The minimum atomic E-state index is -0.365. The van der Waals surface area contributed by atoms with E-state index in [4.69, 9.17) is 14.2 Å². The summed E-state index contributed by atoms with van der Waals surface area (Å²) in [5, 5.41) is 6.46. The molecule has 4 aromatic rings. The van der Waals surface area contributed by atoms with Crippen LogP contribution in [-0.4, -0.2) is 25.8 Å². The molecule has 4 rings (SSSR count). The normalized spacial score (nSPS) is 10.9. The van der Waals surface area contributed by atoms with Crippen molar-refractivity contribution in [3.63, 3.8) is 0 Å². The van der Waals surface area contributed by atoms with Gasteiger partial charge in [-0.25, -0.2) is 5.43 Å². The average molecular weight is 533 g/mol. The van der Waals surface area contributed by atoms with Crippen molar-refractivity contribution in [1.29, 1.82) is 0 Å². The molecule has 4 aromatic carbocycles. The van der Waals surface area contributed by atoms with E-state index in [0.717, 1.165) is 21.0 Å². The fraction of sp³-hybridized carbons (Fsp3) is 0.143. The zero-order chi connectivity index (χ0) is 24.6. The fourth-order valence-corrected chi connectivity index (χ4v) is 4.01. The number of hydrogen-bond acceptors (Lipinski definition) is 5.